The Kier molecular flexibility index (Phi) is 12.0. The van der Waals surface area contributed by atoms with E-state index in [1.54, 1.807) is 18.2 Å². The Hall–Kier alpha value is -3.82. The van der Waals surface area contributed by atoms with Crippen LogP contribution in [0.15, 0.2) is 36.4 Å². The van der Waals surface area contributed by atoms with E-state index in [1.165, 1.54) is 84.1 Å². The number of carbonyl (C=O) groups is 2. The number of nitrogen functional groups attached to an aromatic ring is 1. The van der Waals surface area contributed by atoms with E-state index in [4.69, 9.17) is 5.73 Å². The number of rotatable bonds is 9. The van der Waals surface area contributed by atoms with Crippen molar-refractivity contribution < 1.29 is 14.5 Å². The zero-order chi connectivity index (χ0) is 28.9. The van der Waals surface area contributed by atoms with Gasteiger partial charge in [-0.2, -0.15) is 0 Å². The van der Waals surface area contributed by atoms with Crippen molar-refractivity contribution >= 4 is 45.9 Å². The predicted octanol–water partition coefficient (Wildman–Crippen LogP) is 6.76. The minimum atomic E-state index is -0.422. The van der Waals surface area contributed by atoms with Gasteiger partial charge in [-0.1, -0.05) is 38.5 Å². The summed E-state index contributed by atoms with van der Waals surface area (Å²) in [6.45, 7) is 4.62. The van der Waals surface area contributed by atoms with Crippen LogP contribution in [0, 0.1) is 22.0 Å². The Morgan fingerprint density at radius 1 is 0.775 bits per heavy atom. The summed E-state index contributed by atoms with van der Waals surface area (Å²) in [5, 5.41) is 23.1. The van der Waals surface area contributed by atoms with Crippen LogP contribution in [0.25, 0.3) is 0 Å². The molecule has 2 amide bonds. The van der Waals surface area contributed by atoms with Crippen molar-refractivity contribution in [3.8, 4) is 0 Å². The summed E-state index contributed by atoms with van der Waals surface area (Å²) in [4.78, 5) is 32.7. The highest BCUT2D eigenvalue weighted by Crippen LogP contribution is 2.30. The van der Waals surface area contributed by atoms with E-state index >= 15 is 0 Å². The zero-order valence-electron chi connectivity index (χ0n) is 23.8. The highest BCUT2D eigenvalue weighted by atomic mass is 16.6. The number of anilines is 5. The molecule has 0 saturated heterocycles. The second-order valence-corrected chi connectivity index (χ2v) is 10.9. The van der Waals surface area contributed by atoms with Crippen LogP contribution in [0.2, 0.25) is 0 Å². The molecule has 4 rings (SSSR count). The third-order valence-electron chi connectivity index (χ3n) is 7.50. The molecule has 0 unspecified atom stereocenters. The van der Waals surface area contributed by atoms with Gasteiger partial charge in [0.25, 0.3) is 5.69 Å². The minimum Gasteiger partial charge on any atom is -0.397 e. The van der Waals surface area contributed by atoms with Crippen molar-refractivity contribution in [2.45, 2.75) is 78.1 Å². The van der Waals surface area contributed by atoms with Gasteiger partial charge < -0.3 is 27.0 Å². The lowest BCUT2D eigenvalue weighted by atomic mass is 9.89. The molecule has 0 radical (unpaired) electrons. The zero-order valence-corrected chi connectivity index (χ0v) is 23.8. The maximum Gasteiger partial charge on any atom is 0.294 e. The van der Waals surface area contributed by atoms with Gasteiger partial charge in [-0.15, -0.1) is 0 Å². The van der Waals surface area contributed by atoms with E-state index in [-0.39, 0.29) is 17.5 Å². The summed E-state index contributed by atoms with van der Waals surface area (Å²) in [5.74, 6) is 1.03. The quantitative estimate of drug-likeness (QED) is 0.131. The van der Waals surface area contributed by atoms with Gasteiger partial charge >= 0.3 is 0 Å². The van der Waals surface area contributed by atoms with Gasteiger partial charge in [0.15, 0.2) is 0 Å². The molecule has 2 fully saturated rings. The van der Waals surface area contributed by atoms with Crippen LogP contribution in [0.3, 0.4) is 0 Å². The van der Waals surface area contributed by atoms with Gasteiger partial charge in [-0.25, -0.2) is 0 Å². The Labute approximate surface area is 237 Å². The lowest BCUT2D eigenvalue weighted by molar-refractivity contribution is -0.383. The average molecular weight is 553 g/mol. The smallest absolute Gasteiger partial charge is 0.294 e. The number of nitro groups is 1. The molecule has 0 atom stereocenters. The Balaban J connectivity index is 0.000000222. The van der Waals surface area contributed by atoms with Crippen molar-refractivity contribution in [2.75, 3.05) is 40.1 Å². The molecular formula is C30H44N6O4. The van der Waals surface area contributed by atoms with Crippen LogP contribution in [0.4, 0.5) is 34.1 Å². The standard InChI is InChI=1S/C15H21N3O3.C15H23N3O/c1-11(19)17-13-7-8-14(15(9-13)18(20)21)16-10-12-5-3-2-4-6-12;1-11(19)18-13-7-8-15(14(16)9-13)17-10-12-5-3-2-4-6-12/h7-9,12,16H,2-6,10H2,1H3,(H,17,19);7-9,12,17H,2-6,10,16H2,1H3,(H,18,19). The number of nitrogens with one attached hydrogen (secondary N) is 4. The van der Waals surface area contributed by atoms with Crippen molar-refractivity contribution in [3.05, 3.63) is 46.5 Å². The normalized spacial score (nSPS) is 15.8. The lowest BCUT2D eigenvalue weighted by Crippen LogP contribution is -2.17. The molecule has 40 heavy (non-hydrogen) atoms. The Morgan fingerprint density at radius 2 is 1.23 bits per heavy atom. The van der Waals surface area contributed by atoms with Crippen LogP contribution >= 0.6 is 0 Å². The average Bonchev–Trinajstić information content (AvgIpc) is 2.92. The van der Waals surface area contributed by atoms with Crippen LogP contribution in [-0.2, 0) is 9.59 Å². The molecule has 0 bridgehead atoms. The van der Waals surface area contributed by atoms with E-state index in [0.717, 1.165) is 30.4 Å². The largest absolute Gasteiger partial charge is 0.397 e. The summed E-state index contributed by atoms with van der Waals surface area (Å²) in [7, 11) is 0. The summed E-state index contributed by atoms with van der Waals surface area (Å²) in [5.41, 5.74) is 9.34. The van der Waals surface area contributed by atoms with Gasteiger partial charge in [0.2, 0.25) is 11.8 Å². The number of nitro benzene ring substituents is 1. The van der Waals surface area contributed by atoms with E-state index in [2.05, 4.69) is 21.3 Å². The highest BCUT2D eigenvalue weighted by molar-refractivity contribution is 5.90. The molecule has 2 aliphatic rings. The second-order valence-electron chi connectivity index (χ2n) is 10.9. The van der Waals surface area contributed by atoms with E-state index in [9.17, 15) is 19.7 Å². The molecule has 0 spiro atoms. The summed E-state index contributed by atoms with van der Waals surface area (Å²) < 4.78 is 0. The maximum absolute atomic E-state index is 11.2. The van der Waals surface area contributed by atoms with Crippen LogP contribution in [-0.4, -0.2) is 29.8 Å². The number of benzene rings is 2. The predicted molar refractivity (Wildman–Crippen MR) is 163 cm³/mol. The van der Waals surface area contributed by atoms with Gasteiger partial charge in [0.1, 0.15) is 5.69 Å². The minimum absolute atomic E-state index is 0.00272. The molecule has 218 valence electrons. The summed E-state index contributed by atoms with van der Waals surface area (Å²) >= 11 is 0. The molecule has 10 heteroatoms. The first kappa shape index (κ1) is 30.7. The number of hydrogen-bond donors (Lipinski definition) is 5. The van der Waals surface area contributed by atoms with Crippen molar-refractivity contribution in [3.63, 3.8) is 0 Å². The van der Waals surface area contributed by atoms with Gasteiger partial charge in [0, 0.05) is 44.4 Å². The number of nitrogens with two attached hydrogens (primary N) is 1. The van der Waals surface area contributed by atoms with E-state index in [1.807, 2.05) is 12.1 Å². The molecule has 0 aliphatic heterocycles. The third-order valence-corrected chi connectivity index (χ3v) is 7.50. The summed E-state index contributed by atoms with van der Waals surface area (Å²) in [6, 6.07) is 10.3. The second kappa shape index (κ2) is 15.7. The first-order valence-electron chi connectivity index (χ1n) is 14.4. The molecule has 0 aromatic heterocycles. The fraction of sp³-hybridized carbons (Fsp3) is 0.533. The van der Waals surface area contributed by atoms with Crippen LogP contribution < -0.4 is 27.0 Å². The molecule has 2 saturated carbocycles. The molecule has 0 heterocycles. The third kappa shape index (κ3) is 10.4. The Bertz CT molecular complexity index is 1140. The molecule has 10 nitrogen and oxygen atoms in total. The van der Waals surface area contributed by atoms with E-state index in [0.29, 0.717) is 23.0 Å². The fourth-order valence-electron chi connectivity index (χ4n) is 5.41. The molecule has 2 aromatic rings. The lowest BCUT2D eigenvalue weighted by Gasteiger charge is -2.22. The first-order valence-corrected chi connectivity index (χ1v) is 14.4. The van der Waals surface area contributed by atoms with Crippen molar-refractivity contribution in [2.24, 2.45) is 11.8 Å². The maximum atomic E-state index is 11.2. The van der Waals surface area contributed by atoms with E-state index < -0.39 is 4.92 Å². The number of nitrogens with zero attached hydrogens (tertiary/aromatic N) is 1. The number of carbonyl (C=O) groups excluding carboxylic acids is 2. The fourth-order valence-corrected chi connectivity index (χ4v) is 5.41. The Morgan fingerprint density at radius 3 is 1.68 bits per heavy atom. The monoisotopic (exact) mass is 552 g/mol. The van der Waals surface area contributed by atoms with Crippen LogP contribution in [0.1, 0.15) is 78.1 Å². The van der Waals surface area contributed by atoms with Gasteiger partial charge in [-0.3, -0.25) is 19.7 Å². The first-order chi connectivity index (χ1) is 19.2. The summed E-state index contributed by atoms with van der Waals surface area (Å²) in [6.07, 6.45) is 12.9. The number of hydrogen-bond acceptors (Lipinski definition) is 7. The van der Waals surface area contributed by atoms with Crippen molar-refractivity contribution in [1.82, 2.24) is 0 Å². The topological polar surface area (TPSA) is 151 Å². The van der Waals surface area contributed by atoms with Crippen LogP contribution in [0.5, 0.6) is 0 Å². The highest BCUT2D eigenvalue weighted by Gasteiger charge is 2.18. The number of amides is 2. The van der Waals surface area contributed by atoms with Gasteiger partial charge in [-0.05, 0) is 67.9 Å². The molecule has 2 aliphatic carbocycles. The van der Waals surface area contributed by atoms with Crippen molar-refractivity contribution in [1.29, 1.82) is 0 Å². The molecule has 6 N–H and O–H groups in total. The molecular weight excluding hydrogens is 508 g/mol. The molecule has 2 aromatic carbocycles. The van der Waals surface area contributed by atoms with Gasteiger partial charge in [0.05, 0.1) is 16.3 Å². The SMILES string of the molecule is CC(=O)Nc1ccc(NCC2CCCCC2)c(N)c1.CC(=O)Nc1ccc(NCC2CCCCC2)c([N+](=O)[O-])c1.